The highest BCUT2D eigenvalue weighted by atomic mass is 79.9. The van der Waals surface area contributed by atoms with E-state index in [1.807, 2.05) is 36.4 Å². The highest BCUT2D eigenvalue weighted by Crippen LogP contribution is 2.45. The van der Waals surface area contributed by atoms with Gasteiger partial charge in [-0.3, -0.25) is 9.36 Å². The number of fused-ring (bicyclic) bond motifs is 3. The van der Waals surface area contributed by atoms with E-state index in [-0.39, 0.29) is 11.6 Å². The molecule has 0 amide bonds. The molecular weight excluding hydrogens is 528 g/mol. The molecule has 6 nitrogen and oxygen atoms in total. The fraction of sp³-hybridized carbons (Fsp3) is 0.185. The van der Waals surface area contributed by atoms with Gasteiger partial charge in [-0.2, -0.15) is 0 Å². The second-order valence-electron chi connectivity index (χ2n) is 8.34. The predicted octanol–water partition coefficient (Wildman–Crippen LogP) is 4.69. The quantitative estimate of drug-likeness (QED) is 0.371. The van der Waals surface area contributed by atoms with Crippen molar-refractivity contribution in [3.05, 3.63) is 107 Å². The molecular formula is C27H21BrN2O4S. The van der Waals surface area contributed by atoms with Crippen LogP contribution >= 0.6 is 27.3 Å². The average molecular weight is 549 g/mol. The molecule has 1 aliphatic heterocycles. The first-order chi connectivity index (χ1) is 17.1. The van der Waals surface area contributed by atoms with Gasteiger partial charge in [-0.05, 0) is 58.1 Å². The van der Waals surface area contributed by atoms with Crippen LogP contribution in [0.4, 0.5) is 0 Å². The third-order valence-electron chi connectivity index (χ3n) is 6.47. The molecule has 0 saturated heterocycles. The van der Waals surface area contributed by atoms with Crippen LogP contribution in [0.3, 0.4) is 0 Å². The average Bonchev–Trinajstić information content (AvgIpc) is 3.44. The molecule has 6 rings (SSSR count). The Kier molecular flexibility index (Phi) is 5.50. The molecule has 8 heteroatoms. The molecule has 3 heterocycles. The number of methoxy groups -OCH3 is 2. The van der Waals surface area contributed by atoms with Crippen molar-refractivity contribution >= 4 is 39.0 Å². The number of halogens is 1. The lowest BCUT2D eigenvalue weighted by Crippen LogP contribution is -2.39. The van der Waals surface area contributed by atoms with Crippen LogP contribution in [0.1, 0.15) is 34.9 Å². The zero-order valence-corrected chi connectivity index (χ0v) is 21.5. The van der Waals surface area contributed by atoms with Crippen LogP contribution in [0.15, 0.2) is 79.0 Å². The van der Waals surface area contributed by atoms with Crippen molar-refractivity contribution in [2.75, 3.05) is 14.2 Å². The van der Waals surface area contributed by atoms with Gasteiger partial charge in [0.25, 0.3) is 5.56 Å². The van der Waals surface area contributed by atoms with Gasteiger partial charge in [-0.1, -0.05) is 47.7 Å². The number of allylic oxidation sites excluding steroid dienone is 1. The lowest BCUT2D eigenvalue weighted by atomic mass is 9.83. The Morgan fingerprint density at radius 3 is 2.71 bits per heavy atom. The molecule has 1 atom stereocenters. The Hall–Kier alpha value is -3.36. The summed E-state index contributed by atoms with van der Waals surface area (Å²) in [5.74, 6) is 1.85. The van der Waals surface area contributed by atoms with Gasteiger partial charge in [0.2, 0.25) is 0 Å². The third-order valence-corrected chi connectivity index (χ3v) is 7.88. The normalized spacial score (nSPS) is 16.9. The molecule has 0 radical (unpaired) electrons. The maximum Gasteiger partial charge on any atom is 0.271 e. The Balaban J connectivity index is 1.67. The zero-order chi connectivity index (χ0) is 24.1. The molecule has 1 aliphatic carbocycles. The molecule has 4 aromatic rings. The van der Waals surface area contributed by atoms with Crippen LogP contribution in [0, 0.1) is 0 Å². The summed E-state index contributed by atoms with van der Waals surface area (Å²) in [6, 6.07) is 17.4. The van der Waals surface area contributed by atoms with Gasteiger partial charge in [0, 0.05) is 17.2 Å². The minimum Gasteiger partial charge on any atom is -0.493 e. The van der Waals surface area contributed by atoms with E-state index < -0.39 is 0 Å². The molecule has 0 bridgehead atoms. The maximum atomic E-state index is 13.8. The number of furan rings is 1. The second-order valence-corrected chi connectivity index (χ2v) is 10.1. The van der Waals surface area contributed by atoms with Crippen LogP contribution in [0.25, 0.3) is 11.8 Å². The van der Waals surface area contributed by atoms with E-state index in [0.29, 0.717) is 31.3 Å². The first-order valence-corrected chi connectivity index (χ1v) is 12.8. The van der Waals surface area contributed by atoms with E-state index in [1.54, 1.807) is 24.9 Å². The number of ether oxygens (including phenoxy) is 2. The molecule has 0 saturated carbocycles. The molecule has 0 fully saturated rings. The Morgan fingerprint density at radius 1 is 1.09 bits per heavy atom. The highest BCUT2D eigenvalue weighted by Gasteiger charge is 2.34. The van der Waals surface area contributed by atoms with Crippen LogP contribution in [-0.2, 0) is 6.42 Å². The van der Waals surface area contributed by atoms with E-state index in [4.69, 9.17) is 18.9 Å². The molecule has 1 unspecified atom stereocenters. The van der Waals surface area contributed by atoms with E-state index in [9.17, 15) is 4.79 Å². The van der Waals surface area contributed by atoms with Gasteiger partial charge in [-0.25, -0.2) is 4.99 Å². The minimum absolute atomic E-state index is 0.110. The van der Waals surface area contributed by atoms with Crippen LogP contribution in [0.5, 0.6) is 11.5 Å². The predicted molar refractivity (Wildman–Crippen MR) is 139 cm³/mol. The molecule has 2 aromatic heterocycles. The van der Waals surface area contributed by atoms with Crippen LogP contribution in [-0.4, -0.2) is 18.8 Å². The summed E-state index contributed by atoms with van der Waals surface area (Å²) in [6.07, 6.45) is 3.46. The van der Waals surface area contributed by atoms with Crippen molar-refractivity contribution in [2.24, 2.45) is 4.99 Å². The standard InChI is InChI=1S/C27H21BrN2O4S/c1-32-20-9-5-8-19(25(20)33-2)24-18-12-10-15-6-3-4-7-17(15)23(18)29-27-30(24)26(31)21(35-27)14-16-11-13-22(28)34-16/h3-9,11,13-14,24H,10,12H2,1-2H3. The second kappa shape index (κ2) is 8.70. The van der Waals surface area contributed by atoms with Crippen molar-refractivity contribution in [2.45, 2.75) is 18.9 Å². The number of aryl methyl sites for hydroxylation is 1. The van der Waals surface area contributed by atoms with Crippen molar-refractivity contribution in [1.29, 1.82) is 0 Å². The topological polar surface area (TPSA) is 66.0 Å². The largest absolute Gasteiger partial charge is 0.493 e. The number of benzene rings is 2. The minimum atomic E-state index is -0.356. The molecule has 35 heavy (non-hydrogen) atoms. The first kappa shape index (κ1) is 22.1. The van der Waals surface area contributed by atoms with E-state index in [2.05, 4.69) is 34.1 Å². The smallest absolute Gasteiger partial charge is 0.271 e. The number of hydrogen-bond acceptors (Lipinski definition) is 6. The van der Waals surface area contributed by atoms with Gasteiger partial charge in [-0.15, -0.1) is 0 Å². The summed E-state index contributed by atoms with van der Waals surface area (Å²) in [6.45, 7) is 0. The first-order valence-electron chi connectivity index (χ1n) is 11.2. The molecule has 2 aromatic carbocycles. The van der Waals surface area contributed by atoms with Crippen molar-refractivity contribution in [3.8, 4) is 11.5 Å². The van der Waals surface area contributed by atoms with Gasteiger partial charge in [0.15, 0.2) is 21.0 Å². The summed E-state index contributed by atoms with van der Waals surface area (Å²) in [7, 11) is 3.25. The molecule has 2 aliphatic rings. The lowest BCUT2D eigenvalue weighted by molar-refractivity contribution is 0.348. The fourth-order valence-corrected chi connectivity index (χ4v) is 6.26. The van der Waals surface area contributed by atoms with Gasteiger partial charge >= 0.3 is 0 Å². The Morgan fingerprint density at radius 2 is 1.94 bits per heavy atom. The molecule has 176 valence electrons. The number of thiazole rings is 1. The number of hydrogen-bond donors (Lipinski definition) is 0. The monoisotopic (exact) mass is 548 g/mol. The van der Waals surface area contributed by atoms with Gasteiger partial charge < -0.3 is 13.9 Å². The SMILES string of the molecule is COc1cccc(C2C3=C(N=c4sc(=Cc5ccc(Br)o5)c(=O)n42)c2ccccc2CC3)c1OC. The summed E-state index contributed by atoms with van der Waals surface area (Å²) < 4.78 is 20.0. The van der Waals surface area contributed by atoms with E-state index >= 15 is 0 Å². The highest BCUT2D eigenvalue weighted by molar-refractivity contribution is 9.10. The third kappa shape index (κ3) is 3.59. The fourth-order valence-electron chi connectivity index (χ4n) is 4.96. The summed E-state index contributed by atoms with van der Waals surface area (Å²) in [5.41, 5.74) is 5.20. The molecule has 0 spiro atoms. The van der Waals surface area contributed by atoms with Crippen LogP contribution in [0.2, 0.25) is 0 Å². The molecule has 0 N–H and O–H groups in total. The van der Waals surface area contributed by atoms with Crippen molar-refractivity contribution < 1.29 is 13.9 Å². The Labute approximate surface area is 213 Å². The maximum absolute atomic E-state index is 13.8. The summed E-state index contributed by atoms with van der Waals surface area (Å²) in [4.78, 5) is 19.5. The number of nitrogens with zero attached hydrogens (tertiary/aromatic N) is 2. The van der Waals surface area contributed by atoms with Gasteiger partial charge in [0.05, 0.1) is 30.5 Å². The Bertz CT molecular complexity index is 1680. The lowest BCUT2D eigenvalue weighted by Gasteiger charge is -2.31. The van der Waals surface area contributed by atoms with Crippen LogP contribution < -0.4 is 24.4 Å². The number of rotatable bonds is 4. The van der Waals surface area contributed by atoms with Gasteiger partial charge in [0.1, 0.15) is 5.76 Å². The van der Waals surface area contributed by atoms with Crippen molar-refractivity contribution in [1.82, 2.24) is 4.57 Å². The number of aromatic nitrogens is 1. The zero-order valence-electron chi connectivity index (χ0n) is 19.1. The summed E-state index contributed by atoms with van der Waals surface area (Å²) >= 11 is 4.69. The van der Waals surface area contributed by atoms with E-state index in [1.165, 1.54) is 16.9 Å². The summed E-state index contributed by atoms with van der Waals surface area (Å²) in [5, 5.41) is 0. The number of para-hydroxylation sites is 1. The van der Waals surface area contributed by atoms with Crippen molar-refractivity contribution in [3.63, 3.8) is 0 Å². The van der Waals surface area contributed by atoms with E-state index in [0.717, 1.165) is 35.2 Å².